The summed E-state index contributed by atoms with van der Waals surface area (Å²) >= 11 is 5.86. The van der Waals surface area contributed by atoms with E-state index in [-0.39, 0.29) is 9.92 Å². The van der Waals surface area contributed by atoms with Gasteiger partial charge in [0.15, 0.2) is 0 Å². The van der Waals surface area contributed by atoms with Gasteiger partial charge in [-0.05, 0) is 24.6 Å². The molecule has 0 atom stereocenters. The number of carbonyl (C=O) groups excluding carboxylic acids is 1. The molecule has 0 aliphatic heterocycles. The molecule has 0 saturated carbocycles. The molecule has 110 valence electrons. The van der Waals surface area contributed by atoms with Crippen LogP contribution in [0.3, 0.4) is 0 Å². The van der Waals surface area contributed by atoms with Gasteiger partial charge in [0.1, 0.15) is 11.4 Å². The Balaban J connectivity index is 3.28. The van der Waals surface area contributed by atoms with Crippen molar-refractivity contribution >= 4 is 33.5 Å². The zero-order valence-electron chi connectivity index (χ0n) is 10.5. The number of hydrogen-bond acceptors (Lipinski definition) is 4. The molecule has 0 bridgehead atoms. The lowest BCUT2D eigenvalue weighted by Gasteiger charge is -2.19. The largest absolute Gasteiger partial charge is 0.480 e. The summed E-state index contributed by atoms with van der Waals surface area (Å²) in [7, 11) is -4.22. The predicted octanol–water partition coefficient (Wildman–Crippen LogP) is 0.209. The number of sulfonamides is 1. The van der Waals surface area contributed by atoms with Crippen molar-refractivity contribution in [2.24, 2.45) is 5.73 Å². The molecule has 3 N–H and O–H groups in total. The Bertz CT molecular complexity index is 628. The molecule has 0 fully saturated rings. The van der Waals surface area contributed by atoms with Gasteiger partial charge in [-0.2, -0.15) is 4.31 Å². The molecule has 0 unspecified atom stereocenters. The van der Waals surface area contributed by atoms with Gasteiger partial charge in [0.05, 0.1) is 11.6 Å². The van der Waals surface area contributed by atoms with Crippen LogP contribution in [0.25, 0.3) is 0 Å². The standard InChI is InChI=1S/C11H13ClN2O5S/c1-7-2-3-9(8(12)4-7)20(18,19)14(5-10(13)15)6-11(16)17/h2-4H,5-6H2,1H3,(H2,13,15)(H,16,17). The highest BCUT2D eigenvalue weighted by atomic mass is 35.5. The van der Waals surface area contributed by atoms with E-state index in [9.17, 15) is 18.0 Å². The van der Waals surface area contributed by atoms with Crippen LogP contribution in [-0.2, 0) is 19.6 Å². The molecule has 0 aromatic heterocycles. The summed E-state index contributed by atoms with van der Waals surface area (Å²) in [6.07, 6.45) is 0. The molecule has 0 spiro atoms. The maximum atomic E-state index is 12.3. The second kappa shape index (κ2) is 6.21. The Morgan fingerprint density at radius 1 is 1.35 bits per heavy atom. The van der Waals surface area contributed by atoms with Crippen LogP contribution in [0.5, 0.6) is 0 Å². The van der Waals surface area contributed by atoms with Crippen molar-refractivity contribution in [3.8, 4) is 0 Å². The number of nitrogens with zero attached hydrogens (tertiary/aromatic N) is 1. The van der Waals surface area contributed by atoms with Gasteiger partial charge in [0.2, 0.25) is 15.9 Å². The Morgan fingerprint density at radius 3 is 2.40 bits per heavy atom. The van der Waals surface area contributed by atoms with Crippen molar-refractivity contribution in [2.75, 3.05) is 13.1 Å². The minimum atomic E-state index is -4.22. The van der Waals surface area contributed by atoms with Crippen molar-refractivity contribution in [3.05, 3.63) is 28.8 Å². The summed E-state index contributed by atoms with van der Waals surface area (Å²) in [6, 6.07) is 4.20. The average Bonchev–Trinajstić information content (AvgIpc) is 2.26. The summed E-state index contributed by atoms with van der Waals surface area (Å²) in [5.41, 5.74) is 5.68. The van der Waals surface area contributed by atoms with Crippen molar-refractivity contribution in [1.29, 1.82) is 0 Å². The van der Waals surface area contributed by atoms with Gasteiger partial charge in [-0.15, -0.1) is 0 Å². The van der Waals surface area contributed by atoms with Gasteiger partial charge >= 0.3 is 5.97 Å². The number of primary amides is 1. The van der Waals surface area contributed by atoms with Crippen LogP contribution in [0.4, 0.5) is 0 Å². The normalized spacial score (nSPS) is 11.6. The highest BCUT2D eigenvalue weighted by Gasteiger charge is 2.29. The first-order valence-electron chi connectivity index (χ1n) is 5.41. The summed E-state index contributed by atoms with van der Waals surface area (Å²) in [5.74, 6) is -2.36. The number of aryl methyl sites for hydroxylation is 1. The molecule has 7 nitrogen and oxygen atoms in total. The summed E-state index contributed by atoms with van der Waals surface area (Å²) < 4.78 is 25.1. The number of aliphatic carboxylic acids is 1. The zero-order chi connectivity index (χ0) is 15.5. The van der Waals surface area contributed by atoms with Crippen molar-refractivity contribution in [2.45, 2.75) is 11.8 Å². The van der Waals surface area contributed by atoms with Crippen LogP contribution in [0.1, 0.15) is 5.56 Å². The highest BCUT2D eigenvalue weighted by molar-refractivity contribution is 7.89. The van der Waals surface area contributed by atoms with E-state index in [1.165, 1.54) is 18.2 Å². The van der Waals surface area contributed by atoms with Crippen LogP contribution in [0, 0.1) is 6.92 Å². The molecular formula is C11H13ClN2O5S. The summed E-state index contributed by atoms with van der Waals surface area (Å²) in [4.78, 5) is 21.3. The van der Waals surface area contributed by atoms with E-state index < -0.39 is 35.0 Å². The predicted molar refractivity (Wildman–Crippen MR) is 71.8 cm³/mol. The maximum absolute atomic E-state index is 12.3. The molecule has 20 heavy (non-hydrogen) atoms. The van der Waals surface area contributed by atoms with Crippen molar-refractivity contribution in [3.63, 3.8) is 0 Å². The number of carbonyl (C=O) groups is 2. The Morgan fingerprint density at radius 2 is 1.95 bits per heavy atom. The summed E-state index contributed by atoms with van der Waals surface area (Å²) in [6.45, 7) is 0.106. The van der Waals surface area contributed by atoms with Crippen LogP contribution in [0.15, 0.2) is 23.1 Å². The first-order valence-corrected chi connectivity index (χ1v) is 7.23. The molecule has 0 radical (unpaired) electrons. The van der Waals surface area contributed by atoms with Gasteiger partial charge in [-0.1, -0.05) is 17.7 Å². The van der Waals surface area contributed by atoms with E-state index in [2.05, 4.69) is 0 Å². The van der Waals surface area contributed by atoms with Crippen LogP contribution >= 0.6 is 11.6 Å². The van der Waals surface area contributed by atoms with E-state index in [4.69, 9.17) is 22.4 Å². The lowest BCUT2D eigenvalue weighted by atomic mass is 10.2. The topological polar surface area (TPSA) is 118 Å². The van der Waals surface area contributed by atoms with Gasteiger partial charge in [-0.3, -0.25) is 9.59 Å². The third kappa shape index (κ3) is 3.92. The molecule has 0 aliphatic carbocycles. The fraction of sp³-hybridized carbons (Fsp3) is 0.273. The number of carboxylic acid groups (broad SMARTS) is 1. The van der Waals surface area contributed by atoms with Gasteiger partial charge in [-0.25, -0.2) is 8.42 Å². The van der Waals surface area contributed by atoms with Gasteiger partial charge in [0, 0.05) is 0 Å². The minimum Gasteiger partial charge on any atom is -0.480 e. The SMILES string of the molecule is Cc1ccc(S(=O)(=O)N(CC(N)=O)CC(=O)O)c(Cl)c1. The smallest absolute Gasteiger partial charge is 0.318 e. The lowest BCUT2D eigenvalue weighted by Crippen LogP contribution is -2.41. The fourth-order valence-corrected chi connectivity index (χ4v) is 3.43. The lowest BCUT2D eigenvalue weighted by molar-refractivity contribution is -0.137. The number of nitrogens with two attached hydrogens (primary N) is 1. The van der Waals surface area contributed by atoms with E-state index >= 15 is 0 Å². The number of hydrogen-bond donors (Lipinski definition) is 2. The molecule has 0 saturated heterocycles. The second-order valence-electron chi connectivity index (χ2n) is 4.07. The summed E-state index contributed by atoms with van der Waals surface area (Å²) in [5, 5.41) is 8.68. The Hall–Kier alpha value is -1.64. The van der Waals surface area contributed by atoms with E-state index in [1.54, 1.807) is 6.92 Å². The number of benzene rings is 1. The monoisotopic (exact) mass is 320 g/mol. The molecule has 0 heterocycles. The van der Waals surface area contributed by atoms with Crippen LogP contribution in [-0.4, -0.2) is 42.8 Å². The van der Waals surface area contributed by atoms with Crippen LogP contribution < -0.4 is 5.73 Å². The molecule has 0 aliphatic rings. The molecule has 1 aromatic rings. The van der Waals surface area contributed by atoms with Gasteiger partial charge in [0.25, 0.3) is 0 Å². The van der Waals surface area contributed by atoms with Crippen LogP contribution in [0.2, 0.25) is 5.02 Å². The third-order valence-electron chi connectivity index (χ3n) is 2.35. The number of amides is 1. The number of carboxylic acids is 1. The minimum absolute atomic E-state index is 0.0511. The zero-order valence-corrected chi connectivity index (χ0v) is 12.1. The van der Waals surface area contributed by atoms with E-state index in [1.807, 2.05) is 0 Å². The first kappa shape index (κ1) is 16.4. The second-order valence-corrected chi connectivity index (χ2v) is 6.38. The van der Waals surface area contributed by atoms with Crippen molar-refractivity contribution in [1.82, 2.24) is 4.31 Å². The average molecular weight is 321 g/mol. The van der Waals surface area contributed by atoms with E-state index in [0.29, 0.717) is 4.31 Å². The number of rotatable bonds is 6. The van der Waals surface area contributed by atoms with E-state index in [0.717, 1.165) is 5.56 Å². The molecule has 9 heteroatoms. The third-order valence-corrected chi connectivity index (χ3v) is 4.62. The molecule has 1 rings (SSSR count). The van der Waals surface area contributed by atoms with Crippen molar-refractivity contribution < 1.29 is 23.1 Å². The molecular weight excluding hydrogens is 308 g/mol. The maximum Gasteiger partial charge on any atom is 0.318 e. The number of halogens is 1. The fourth-order valence-electron chi connectivity index (χ4n) is 1.50. The first-order chi connectivity index (χ1) is 9.14. The molecule has 1 amide bonds. The van der Waals surface area contributed by atoms with Gasteiger partial charge < -0.3 is 10.8 Å². The highest BCUT2D eigenvalue weighted by Crippen LogP contribution is 2.25. The molecule has 1 aromatic carbocycles. The Kier molecular flexibility index (Phi) is 5.09. The quantitative estimate of drug-likeness (QED) is 0.776. The Labute approximate surface area is 121 Å².